The molecule has 0 spiro atoms. The Kier molecular flexibility index (Phi) is 4.81. The highest BCUT2D eigenvalue weighted by Gasteiger charge is 2.14. The van der Waals surface area contributed by atoms with Crippen molar-refractivity contribution in [3.8, 4) is 22.3 Å². The van der Waals surface area contributed by atoms with Gasteiger partial charge in [-0.1, -0.05) is 6.07 Å². The van der Waals surface area contributed by atoms with E-state index in [2.05, 4.69) is 10.3 Å². The lowest BCUT2D eigenvalue weighted by molar-refractivity contribution is 0.0947. The minimum atomic E-state index is -0.254. The molecule has 6 nitrogen and oxygen atoms in total. The molecule has 0 fully saturated rings. The van der Waals surface area contributed by atoms with Crippen molar-refractivity contribution in [2.75, 3.05) is 14.2 Å². The van der Waals surface area contributed by atoms with Gasteiger partial charge in [0.05, 0.1) is 36.9 Å². The first kappa shape index (κ1) is 16.1. The van der Waals surface area contributed by atoms with Crippen molar-refractivity contribution < 1.29 is 18.7 Å². The SMILES string of the molecule is COc1ccc(C(=O)NCc2coc(-c3cccs3)n2)c(OC)c1. The molecule has 0 unspecified atom stereocenters. The van der Waals surface area contributed by atoms with Gasteiger partial charge in [0, 0.05) is 6.07 Å². The van der Waals surface area contributed by atoms with E-state index in [4.69, 9.17) is 13.9 Å². The van der Waals surface area contributed by atoms with Gasteiger partial charge in [-0.3, -0.25) is 4.79 Å². The lowest BCUT2D eigenvalue weighted by atomic mass is 10.1. The summed E-state index contributed by atoms with van der Waals surface area (Å²) in [6.45, 7) is 0.267. The Balaban J connectivity index is 1.67. The highest BCUT2D eigenvalue weighted by atomic mass is 32.1. The van der Waals surface area contributed by atoms with Crippen LogP contribution in [0.4, 0.5) is 0 Å². The van der Waals surface area contributed by atoms with Gasteiger partial charge in [-0.2, -0.15) is 0 Å². The molecule has 0 saturated heterocycles. The summed E-state index contributed by atoms with van der Waals surface area (Å²) in [5.74, 6) is 1.37. The van der Waals surface area contributed by atoms with Crippen LogP contribution in [0.15, 0.2) is 46.4 Å². The Morgan fingerprint density at radius 1 is 1.29 bits per heavy atom. The number of ether oxygens (including phenoxy) is 2. The molecular formula is C17H16N2O4S. The highest BCUT2D eigenvalue weighted by molar-refractivity contribution is 7.13. The summed E-state index contributed by atoms with van der Waals surface area (Å²) in [5, 5.41) is 4.76. The average molecular weight is 344 g/mol. The van der Waals surface area contributed by atoms with Crippen LogP contribution in [0, 0.1) is 0 Å². The largest absolute Gasteiger partial charge is 0.497 e. The quantitative estimate of drug-likeness (QED) is 0.742. The van der Waals surface area contributed by atoms with E-state index in [9.17, 15) is 4.79 Å². The number of hydrogen-bond acceptors (Lipinski definition) is 6. The van der Waals surface area contributed by atoms with Gasteiger partial charge in [0.25, 0.3) is 5.91 Å². The summed E-state index contributed by atoms with van der Waals surface area (Å²) in [6, 6.07) is 8.90. The first-order valence-corrected chi connectivity index (χ1v) is 8.07. The van der Waals surface area contributed by atoms with Crippen LogP contribution in [-0.2, 0) is 6.54 Å². The van der Waals surface area contributed by atoms with E-state index in [-0.39, 0.29) is 12.5 Å². The maximum absolute atomic E-state index is 12.3. The summed E-state index contributed by atoms with van der Waals surface area (Å²) in [7, 11) is 3.07. The fraction of sp³-hybridized carbons (Fsp3) is 0.176. The van der Waals surface area contributed by atoms with E-state index in [1.54, 1.807) is 42.9 Å². The Morgan fingerprint density at radius 3 is 2.88 bits per heavy atom. The number of nitrogens with one attached hydrogen (secondary N) is 1. The number of hydrogen-bond donors (Lipinski definition) is 1. The van der Waals surface area contributed by atoms with Gasteiger partial charge in [-0.25, -0.2) is 4.98 Å². The Bertz CT molecular complexity index is 827. The molecule has 7 heteroatoms. The predicted molar refractivity (Wildman–Crippen MR) is 90.5 cm³/mol. The topological polar surface area (TPSA) is 73.6 Å². The monoisotopic (exact) mass is 344 g/mol. The summed E-state index contributed by atoms with van der Waals surface area (Å²) >= 11 is 1.55. The van der Waals surface area contributed by atoms with E-state index >= 15 is 0 Å². The lowest BCUT2D eigenvalue weighted by Gasteiger charge is -2.10. The van der Waals surface area contributed by atoms with Crippen molar-refractivity contribution in [1.29, 1.82) is 0 Å². The van der Waals surface area contributed by atoms with Crippen molar-refractivity contribution in [1.82, 2.24) is 10.3 Å². The molecule has 0 saturated carbocycles. The van der Waals surface area contributed by atoms with Crippen LogP contribution in [0.3, 0.4) is 0 Å². The number of oxazole rings is 1. The van der Waals surface area contributed by atoms with Crippen LogP contribution in [-0.4, -0.2) is 25.1 Å². The van der Waals surface area contributed by atoms with E-state index < -0.39 is 0 Å². The van der Waals surface area contributed by atoms with Crippen molar-refractivity contribution in [2.45, 2.75) is 6.54 Å². The smallest absolute Gasteiger partial charge is 0.255 e. The normalized spacial score (nSPS) is 10.4. The molecule has 0 bridgehead atoms. The maximum Gasteiger partial charge on any atom is 0.255 e. The number of amides is 1. The third kappa shape index (κ3) is 3.41. The van der Waals surface area contributed by atoms with E-state index in [0.29, 0.717) is 28.6 Å². The molecule has 0 aliphatic heterocycles. The lowest BCUT2D eigenvalue weighted by Crippen LogP contribution is -2.23. The van der Waals surface area contributed by atoms with Crippen LogP contribution in [0.25, 0.3) is 10.8 Å². The molecule has 0 atom stereocenters. The van der Waals surface area contributed by atoms with Gasteiger partial charge in [-0.05, 0) is 23.6 Å². The number of methoxy groups -OCH3 is 2. The predicted octanol–water partition coefficient (Wildman–Crippen LogP) is 3.35. The van der Waals surface area contributed by atoms with Gasteiger partial charge in [0.15, 0.2) is 0 Å². The second kappa shape index (κ2) is 7.18. The summed E-state index contributed by atoms with van der Waals surface area (Å²) in [6.07, 6.45) is 1.54. The van der Waals surface area contributed by atoms with Crippen molar-refractivity contribution in [2.24, 2.45) is 0 Å². The van der Waals surface area contributed by atoms with Gasteiger partial charge >= 0.3 is 0 Å². The summed E-state index contributed by atoms with van der Waals surface area (Å²) < 4.78 is 15.8. The molecule has 124 valence electrons. The fourth-order valence-corrected chi connectivity index (χ4v) is 2.81. The zero-order chi connectivity index (χ0) is 16.9. The molecule has 1 N–H and O–H groups in total. The van der Waals surface area contributed by atoms with E-state index in [0.717, 1.165) is 4.88 Å². The second-order valence-corrected chi connectivity index (χ2v) is 5.82. The number of thiophene rings is 1. The van der Waals surface area contributed by atoms with Gasteiger partial charge in [0.1, 0.15) is 17.8 Å². The molecule has 3 rings (SSSR count). The first-order chi connectivity index (χ1) is 11.7. The summed E-state index contributed by atoms with van der Waals surface area (Å²) in [5.41, 5.74) is 1.08. The molecule has 0 aliphatic rings. The minimum Gasteiger partial charge on any atom is -0.497 e. The average Bonchev–Trinajstić information content (AvgIpc) is 3.30. The van der Waals surface area contributed by atoms with Gasteiger partial charge in [-0.15, -0.1) is 11.3 Å². The number of rotatable bonds is 6. The number of nitrogens with zero attached hydrogens (tertiary/aromatic N) is 1. The third-order valence-corrected chi connectivity index (χ3v) is 4.22. The Morgan fingerprint density at radius 2 is 2.17 bits per heavy atom. The van der Waals surface area contributed by atoms with Gasteiger partial charge in [0.2, 0.25) is 5.89 Å². The number of carbonyl (C=O) groups is 1. The molecule has 1 amide bonds. The number of aromatic nitrogens is 1. The van der Waals surface area contributed by atoms with Crippen LogP contribution >= 0.6 is 11.3 Å². The fourth-order valence-electron chi connectivity index (χ4n) is 2.15. The van der Waals surface area contributed by atoms with Crippen molar-refractivity contribution in [3.05, 3.63) is 53.2 Å². The molecule has 0 radical (unpaired) electrons. The molecule has 2 heterocycles. The molecule has 1 aromatic carbocycles. The maximum atomic E-state index is 12.3. The molecule has 3 aromatic rings. The standard InChI is InChI=1S/C17H16N2O4S/c1-21-12-5-6-13(14(8-12)22-2)16(20)18-9-11-10-23-17(19-11)15-4-3-7-24-15/h3-8,10H,9H2,1-2H3,(H,18,20). The molecule has 2 aromatic heterocycles. The molecular weight excluding hydrogens is 328 g/mol. The van der Waals surface area contributed by atoms with Crippen LogP contribution in [0.5, 0.6) is 11.5 Å². The zero-order valence-corrected chi connectivity index (χ0v) is 14.1. The van der Waals surface area contributed by atoms with E-state index in [1.807, 2.05) is 17.5 Å². The van der Waals surface area contributed by atoms with Crippen LogP contribution < -0.4 is 14.8 Å². The van der Waals surface area contributed by atoms with Crippen LogP contribution in [0.1, 0.15) is 16.1 Å². The highest BCUT2D eigenvalue weighted by Crippen LogP contribution is 2.25. The Labute approximate surface area is 143 Å². The number of benzene rings is 1. The molecule has 0 aliphatic carbocycles. The second-order valence-electron chi connectivity index (χ2n) is 4.87. The third-order valence-electron chi connectivity index (χ3n) is 3.37. The first-order valence-electron chi connectivity index (χ1n) is 7.19. The van der Waals surface area contributed by atoms with Gasteiger partial charge < -0.3 is 19.2 Å². The number of carbonyl (C=O) groups excluding carboxylic acids is 1. The Hall–Kier alpha value is -2.80. The van der Waals surface area contributed by atoms with Crippen LogP contribution in [0.2, 0.25) is 0 Å². The van der Waals surface area contributed by atoms with Crippen molar-refractivity contribution >= 4 is 17.2 Å². The van der Waals surface area contributed by atoms with E-state index in [1.165, 1.54) is 7.11 Å². The zero-order valence-electron chi connectivity index (χ0n) is 13.2. The minimum absolute atomic E-state index is 0.254. The van der Waals surface area contributed by atoms with Crippen molar-refractivity contribution in [3.63, 3.8) is 0 Å². The molecule has 24 heavy (non-hydrogen) atoms. The summed E-state index contributed by atoms with van der Waals surface area (Å²) in [4.78, 5) is 17.7.